The molecule has 0 aliphatic carbocycles. The van der Waals surface area contributed by atoms with Crippen LogP contribution in [-0.2, 0) is 6.42 Å². The molecule has 0 saturated heterocycles. The van der Waals surface area contributed by atoms with E-state index < -0.39 is 11.9 Å². The number of aromatic carboxylic acids is 2. The van der Waals surface area contributed by atoms with Gasteiger partial charge in [-0.3, -0.25) is 0 Å². The van der Waals surface area contributed by atoms with Crippen molar-refractivity contribution in [2.24, 2.45) is 0 Å². The minimum Gasteiger partial charge on any atom is -0.478 e. The Labute approximate surface area is 169 Å². The van der Waals surface area contributed by atoms with Crippen LogP contribution in [0.5, 0.6) is 0 Å². The van der Waals surface area contributed by atoms with Crippen LogP contribution in [0.15, 0.2) is 72.8 Å². The van der Waals surface area contributed by atoms with Crippen LogP contribution in [0.3, 0.4) is 0 Å². The summed E-state index contributed by atoms with van der Waals surface area (Å²) in [4.78, 5) is 21.1. The van der Waals surface area contributed by atoms with Crippen molar-refractivity contribution < 1.29 is 19.8 Å². The number of carbonyl (C=O) groups is 2. The van der Waals surface area contributed by atoms with Crippen LogP contribution < -0.4 is 5.32 Å². The van der Waals surface area contributed by atoms with Gasteiger partial charge in [0.25, 0.3) is 0 Å². The molecule has 3 aromatic rings. The summed E-state index contributed by atoms with van der Waals surface area (Å²) in [6.07, 6.45) is 1.14. The highest BCUT2D eigenvalue weighted by Gasteiger charge is 2.19. The summed E-state index contributed by atoms with van der Waals surface area (Å²) >= 11 is 0. The second-order valence-corrected chi connectivity index (χ2v) is 6.89. The highest BCUT2D eigenvalue weighted by atomic mass is 16.4. The monoisotopic (exact) mass is 389 g/mol. The maximum Gasteiger partial charge on any atom is 0.335 e. The zero-order chi connectivity index (χ0) is 20.8. The van der Waals surface area contributed by atoms with Crippen molar-refractivity contribution in [2.45, 2.75) is 19.4 Å². The molecule has 1 heterocycles. The quantitative estimate of drug-likeness (QED) is 0.621. The summed E-state index contributed by atoms with van der Waals surface area (Å²) in [5.74, 6) is -2.23. The summed E-state index contributed by atoms with van der Waals surface area (Å²) in [6, 6.07) is 23.8. The van der Waals surface area contributed by atoms with E-state index in [2.05, 4.69) is 59.9 Å². The Kier molecular flexibility index (Phi) is 6.42. The first-order valence-corrected chi connectivity index (χ1v) is 9.40. The first kappa shape index (κ1) is 20.3. The van der Waals surface area contributed by atoms with Crippen molar-refractivity contribution >= 4 is 11.9 Å². The number of carboxylic acid groups (broad SMARTS) is 2. The first-order chi connectivity index (χ1) is 14.0. The summed E-state index contributed by atoms with van der Waals surface area (Å²) in [7, 11) is 0. The number of hydrogen-bond acceptors (Lipinski definition) is 3. The van der Waals surface area contributed by atoms with Gasteiger partial charge in [-0.1, -0.05) is 60.7 Å². The van der Waals surface area contributed by atoms with Crippen molar-refractivity contribution in [3.05, 3.63) is 106 Å². The highest BCUT2D eigenvalue weighted by Crippen LogP contribution is 2.28. The van der Waals surface area contributed by atoms with Crippen LogP contribution in [-0.4, -0.2) is 28.7 Å². The van der Waals surface area contributed by atoms with Crippen molar-refractivity contribution in [3.63, 3.8) is 0 Å². The molecule has 0 saturated carbocycles. The third kappa shape index (κ3) is 4.89. The molecule has 1 aliphatic rings. The number of rotatable bonds is 3. The lowest BCUT2D eigenvalue weighted by molar-refractivity contribution is 0.0695. The van der Waals surface area contributed by atoms with E-state index in [1.165, 1.54) is 28.8 Å². The van der Waals surface area contributed by atoms with Crippen molar-refractivity contribution in [2.75, 3.05) is 6.54 Å². The third-order valence-corrected chi connectivity index (χ3v) is 4.96. The van der Waals surface area contributed by atoms with Gasteiger partial charge in [-0.2, -0.15) is 0 Å². The summed E-state index contributed by atoms with van der Waals surface area (Å²) < 4.78 is 0. The minimum absolute atomic E-state index is 0.0111. The number of nitrogens with one attached hydrogen (secondary N) is 1. The molecule has 5 heteroatoms. The predicted octanol–water partition coefficient (Wildman–Crippen LogP) is 4.31. The summed E-state index contributed by atoms with van der Waals surface area (Å²) in [6.45, 7) is 2.69. The molecule has 1 aliphatic heterocycles. The fraction of sp³-hybridized carbons (Fsp3) is 0.167. The fourth-order valence-corrected chi connectivity index (χ4v) is 3.43. The molecular formula is C24H23NO4. The molecule has 0 aromatic heterocycles. The molecule has 0 amide bonds. The van der Waals surface area contributed by atoms with Gasteiger partial charge in [-0.25, -0.2) is 9.59 Å². The molecule has 4 rings (SSSR count). The SMILES string of the molecule is Cc1ccc(C(=O)O)cc1C(=O)O.c1ccc(C2NCCc3ccccc32)cc1. The Balaban J connectivity index is 0.000000170. The standard InChI is InChI=1S/C15H15N.C9H8O4/c1-2-7-13(8-3-1)15-14-9-5-4-6-12(14)10-11-16-15;1-5-2-3-6(8(10)11)4-7(5)9(12)13/h1-9,15-16H,10-11H2;2-4H,1H3,(H,10,11)(H,12,13). The van der Waals surface area contributed by atoms with Gasteiger partial charge in [0, 0.05) is 6.54 Å². The van der Waals surface area contributed by atoms with Crippen molar-refractivity contribution in [1.29, 1.82) is 0 Å². The topological polar surface area (TPSA) is 86.6 Å². The van der Waals surface area contributed by atoms with Crippen molar-refractivity contribution in [3.8, 4) is 0 Å². The van der Waals surface area contributed by atoms with E-state index in [-0.39, 0.29) is 11.1 Å². The van der Waals surface area contributed by atoms with Crippen LogP contribution in [0.25, 0.3) is 0 Å². The van der Waals surface area contributed by atoms with Crippen molar-refractivity contribution in [1.82, 2.24) is 5.32 Å². The fourth-order valence-electron chi connectivity index (χ4n) is 3.43. The van der Waals surface area contributed by atoms with E-state index in [0.29, 0.717) is 11.6 Å². The van der Waals surface area contributed by atoms with Crippen LogP contribution in [0.2, 0.25) is 0 Å². The Hall–Kier alpha value is -3.44. The van der Waals surface area contributed by atoms with Gasteiger partial charge in [-0.15, -0.1) is 0 Å². The predicted molar refractivity (Wildman–Crippen MR) is 112 cm³/mol. The molecule has 0 spiro atoms. The van der Waals surface area contributed by atoms with Gasteiger partial charge in [0.1, 0.15) is 0 Å². The van der Waals surface area contributed by atoms with Gasteiger partial charge in [0.2, 0.25) is 0 Å². The average Bonchev–Trinajstić information content (AvgIpc) is 2.74. The number of fused-ring (bicyclic) bond motifs is 1. The van der Waals surface area contributed by atoms with E-state index >= 15 is 0 Å². The van der Waals surface area contributed by atoms with Gasteiger partial charge in [-0.05, 0) is 47.7 Å². The van der Waals surface area contributed by atoms with Crippen LogP contribution in [0, 0.1) is 6.92 Å². The second kappa shape index (κ2) is 9.17. The van der Waals surface area contributed by atoms with E-state index in [9.17, 15) is 9.59 Å². The first-order valence-electron chi connectivity index (χ1n) is 9.40. The molecule has 29 heavy (non-hydrogen) atoms. The normalized spacial score (nSPS) is 14.9. The number of benzene rings is 3. The number of carboxylic acids is 2. The molecule has 1 atom stereocenters. The molecule has 0 bridgehead atoms. The van der Waals surface area contributed by atoms with E-state index in [1.807, 2.05) is 0 Å². The third-order valence-electron chi connectivity index (χ3n) is 4.96. The Bertz CT molecular complexity index is 1010. The summed E-state index contributed by atoms with van der Waals surface area (Å²) in [5.41, 5.74) is 4.84. The van der Waals surface area contributed by atoms with E-state index in [0.717, 1.165) is 19.0 Å². The molecule has 0 fully saturated rings. The molecule has 1 unspecified atom stereocenters. The van der Waals surface area contributed by atoms with Crippen LogP contribution >= 0.6 is 0 Å². The number of aryl methyl sites for hydroxylation is 1. The van der Waals surface area contributed by atoms with E-state index in [1.54, 1.807) is 6.92 Å². The molecular weight excluding hydrogens is 366 g/mol. The molecule has 5 nitrogen and oxygen atoms in total. The lowest BCUT2D eigenvalue weighted by Gasteiger charge is -2.27. The van der Waals surface area contributed by atoms with Gasteiger partial charge in [0.15, 0.2) is 0 Å². The highest BCUT2D eigenvalue weighted by molar-refractivity contribution is 5.94. The summed E-state index contributed by atoms with van der Waals surface area (Å²) in [5, 5.41) is 20.9. The zero-order valence-electron chi connectivity index (χ0n) is 16.1. The molecule has 3 aromatic carbocycles. The maximum absolute atomic E-state index is 10.6. The van der Waals surface area contributed by atoms with Gasteiger partial charge >= 0.3 is 11.9 Å². The molecule has 3 N–H and O–H groups in total. The van der Waals surface area contributed by atoms with Gasteiger partial charge in [0.05, 0.1) is 17.2 Å². The Morgan fingerprint density at radius 1 is 0.897 bits per heavy atom. The average molecular weight is 389 g/mol. The smallest absolute Gasteiger partial charge is 0.335 e. The lowest BCUT2D eigenvalue weighted by atomic mass is 9.90. The van der Waals surface area contributed by atoms with Crippen LogP contribution in [0.1, 0.15) is 49.0 Å². The Morgan fingerprint density at radius 2 is 1.59 bits per heavy atom. The lowest BCUT2D eigenvalue weighted by Crippen LogP contribution is -2.30. The minimum atomic E-state index is -1.12. The molecule has 0 radical (unpaired) electrons. The van der Waals surface area contributed by atoms with Crippen LogP contribution in [0.4, 0.5) is 0 Å². The number of hydrogen-bond donors (Lipinski definition) is 3. The molecule has 148 valence electrons. The largest absolute Gasteiger partial charge is 0.478 e. The second-order valence-electron chi connectivity index (χ2n) is 6.89. The maximum atomic E-state index is 10.6. The van der Waals surface area contributed by atoms with Gasteiger partial charge < -0.3 is 15.5 Å². The zero-order valence-corrected chi connectivity index (χ0v) is 16.1. The Morgan fingerprint density at radius 3 is 2.28 bits per heavy atom. The van der Waals surface area contributed by atoms with E-state index in [4.69, 9.17) is 10.2 Å².